The van der Waals surface area contributed by atoms with Crippen molar-refractivity contribution in [2.24, 2.45) is 5.92 Å². The van der Waals surface area contributed by atoms with Gasteiger partial charge in [0.1, 0.15) is 0 Å². The van der Waals surface area contributed by atoms with E-state index in [1.54, 1.807) is 0 Å². The zero-order chi connectivity index (χ0) is 13.8. The Morgan fingerprint density at radius 3 is 2.58 bits per heavy atom. The number of carbonyl (C=O) groups is 1. The molecule has 1 aliphatic carbocycles. The summed E-state index contributed by atoms with van der Waals surface area (Å²) in [6.07, 6.45) is 7.41. The van der Waals surface area contributed by atoms with Crippen LogP contribution >= 0.6 is 15.9 Å². The summed E-state index contributed by atoms with van der Waals surface area (Å²) in [7, 11) is 0. The summed E-state index contributed by atoms with van der Waals surface area (Å²) in [6, 6.07) is 2.36. The molecular weight excluding hydrogens is 314 g/mol. The maximum atomic E-state index is 13.4. The highest BCUT2D eigenvalue weighted by Crippen LogP contribution is 2.29. The normalized spacial score (nSPS) is 16.6. The molecule has 0 radical (unpaired) electrons. The van der Waals surface area contributed by atoms with Gasteiger partial charge in [-0.15, -0.1) is 0 Å². The van der Waals surface area contributed by atoms with Crippen LogP contribution in [0.3, 0.4) is 0 Å². The molecule has 4 heteroatoms. The molecule has 2 rings (SSSR count). The van der Waals surface area contributed by atoms with Gasteiger partial charge in [-0.2, -0.15) is 0 Å². The van der Waals surface area contributed by atoms with Gasteiger partial charge in [-0.25, -0.2) is 8.78 Å². The Kier molecular flexibility index (Phi) is 5.08. The van der Waals surface area contributed by atoms with Crippen LogP contribution < -0.4 is 0 Å². The molecule has 0 aliphatic heterocycles. The lowest BCUT2D eigenvalue weighted by molar-refractivity contribution is 0.0968. The fourth-order valence-electron chi connectivity index (χ4n) is 2.69. The smallest absolute Gasteiger partial charge is 0.173 e. The van der Waals surface area contributed by atoms with Gasteiger partial charge >= 0.3 is 0 Å². The summed E-state index contributed by atoms with van der Waals surface area (Å²) < 4.78 is 26.3. The van der Waals surface area contributed by atoms with E-state index >= 15 is 0 Å². The Labute approximate surface area is 120 Å². The molecule has 0 spiro atoms. The summed E-state index contributed by atoms with van der Waals surface area (Å²) in [5, 5.41) is 0. The molecule has 19 heavy (non-hydrogen) atoms. The number of hydrogen-bond donors (Lipinski definition) is 0. The van der Waals surface area contributed by atoms with Gasteiger partial charge in [0.2, 0.25) is 0 Å². The molecule has 0 saturated heterocycles. The van der Waals surface area contributed by atoms with Crippen LogP contribution in [0.2, 0.25) is 0 Å². The van der Waals surface area contributed by atoms with E-state index in [9.17, 15) is 13.6 Å². The first-order valence-electron chi connectivity index (χ1n) is 6.76. The lowest BCUT2D eigenvalue weighted by Gasteiger charge is -2.21. The van der Waals surface area contributed by atoms with Gasteiger partial charge in [0, 0.05) is 12.0 Å². The Balaban J connectivity index is 1.98. The average molecular weight is 331 g/mol. The maximum absolute atomic E-state index is 13.4. The molecule has 104 valence electrons. The molecule has 0 N–H and O–H groups in total. The van der Waals surface area contributed by atoms with E-state index in [4.69, 9.17) is 0 Å². The number of ketones is 1. The van der Waals surface area contributed by atoms with Gasteiger partial charge in [-0.3, -0.25) is 4.79 Å². The number of halogens is 3. The first-order valence-corrected chi connectivity index (χ1v) is 7.55. The third kappa shape index (κ3) is 3.62. The van der Waals surface area contributed by atoms with Crippen molar-refractivity contribution in [2.75, 3.05) is 0 Å². The molecule has 1 saturated carbocycles. The topological polar surface area (TPSA) is 17.1 Å². The third-order valence-electron chi connectivity index (χ3n) is 3.84. The van der Waals surface area contributed by atoms with Crippen molar-refractivity contribution < 1.29 is 13.6 Å². The van der Waals surface area contributed by atoms with Crippen LogP contribution in [0.4, 0.5) is 8.78 Å². The van der Waals surface area contributed by atoms with Crippen molar-refractivity contribution >= 4 is 21.7 Å². The molecule has 0 heterocycles. The van der Waals surface area contributed by atoms with Crippen LogP contribution in [0.5, 0.6) is 0 Å². The quantitative estimate of drug-likeness (QED) is 0.542. The van der Waals surface area contributed by atoms with Crippen molar-refractivity contribution in [3.8, 4) is 0 Å². The zero-order valence-electron chi connectivity index (χ0n) is 10.7. The Hall–Kier alpha value is -0.770. The molecule has 0 unspecified atom stereocenters. The number of hydrogen-bond acceptors (Lipinski definition) is 1. The van der Waals surface area contributed by atoms with Gasteiger partial charge in [-0.05, 0) is 40.4 Å². The van der Waals surface area contributed by atoms with E-state index in [1.165, 1.54) is 38.2 Å². The molecule has 0 aromatic heterocycles. The standard InChI is InChI=1S/C15H17BrF2O/c16-14-11(7-8-12(17)15(14)18)13(19)9-6-10-4-2-1-3-5-10/h7-8,10H,1-6,9H2. The molecule has 0 atom stereocenters. The Morgan fingerprint density at radius 2 is 1.89 bits per heavy atom. The third-order valence-corrected chi connectivity index (χ3v) is 4.62. The van der Waals surface area contributed by atoms with E-state index in [2.05, 4.69) is 15.9 Å². The lowest BCUT2D eigenvalue weighted by atomic mass is 9.85. The SMILES string of the molecule is O=C(CCC1CCCCC1)c1ccc(F)c(F)c1Br. The average Bonchev–Trinajstić information content (AvgIpc) is 2.43. The van der Waals surface area contributed by atoms with E-state index in [0.29, 0.717) is 12.3 Å². The molecular formula is C15H17BrF2O. The first kappa shape index (κ1) is 14.6. The van der Waals surface area contributed by atoms with Crippen LogP contribution in [-0.4, -0.2) is 5.78 Å². The maximum Gasteiger partial charge on any atom is 0.173 e. The fourth-order valence-corrected chi connectivity index (χ4v) is 3.23. The molecule has 1 fully saturated rings. The summed E-state index contributed by atoms with van der Waals surface area (Å²) in [5.74, 6) is -1.42. The van der Waals surface area contributed by atoms with Crippen LogP contribution in [0.15, 0.2) is 16.6 Å². The molecule has 1 aliphatic rings. The zero-order valence-corrected chi connectivity index (χ0v) is 12.3. The number of benzene rings is 1. The summed E-state index contributed by atoms with van der Waals surface area (Å²) >= 11 is 2.96. The highest BCUT2D eigenvalue weighted by Gasteiger charge is 2.19. The van der Waals surface area contributed by atoms with Crippen molar-refractivity contribution in [1.82, 2.24) is 0 Å². The Bertz CT molecular complexity index is 467. The predicted octanol–water partition coefficient (Wildman–Crippen LogP) is 5.27. The molecule has 0 bridgehead atoms. The first-order chi connectivity index (χ1) is 9.09. The number of carbonyl (C=O) groups excluding carboxylic acids is 1. The second-order valence-electron chi connectivity index (χ2n) is 5.19. The number of Topliss-reactive ketones (excluding diaryl/α,β-unsaturated/α-hetero) is 1. The van der Waals surface area contributed by atoms with Crippen molar-refractivity contribution in [3.05, 3.63) is 33.8 Å². The van der Waals surface area contributed by atoms with E-state index in [1.807, 2.05) is 0 Å². The summed E-state index contributed by atoms with van der Waals surface area (Å²) in [5.41, 5.74) is 0.245. The highest BCUT2D eigenvalue weighted by atomic mass is 79.9. The van der Waals surface area contributed by atoms with Crippen LogP contribution in [-0.2, 0) is 0 Å². The van der Waals surface area contributed by atoms with Crippen molar-refractivity contribution in [3.63, 3.8) is 0 Å². The minimum absolute atomic E-state index is 0.0545. The van der Waals surface area contributed by atoms with E-state index < -0.39 is 11.6 Å². The minimum Gasteiger partial charge on any atom is -0.294 e. The van der Waals surface area contributed by atoms with Crippen molar-refractivity contribution in [2.45, 2.75) is 44.9 Å². The van der Waals surface area contributed by atoms with Crippen LogP contribution in [0, 0.1) is 17.6 Å². The highest BCUT2D eigenvalue weighted by molar-refractivity contribution is 9.10. The van der Waals surface area contributed by atoms with Gasteiger partial charge in [0.05, 0.1) is 4.47 Å². The second-order valence-corrected chi connectivity index (χ2v) is 5.98. The molecule has 1 aromatic carbocycles. The monoisotopic (exact) mass is 330 g/mol. The van der Waals surface area contributed by atoms with Crippen LogP contribution in [0.25, 0.3) is 0 Å². The number of rotatable bonds is 4. The fraction of sp³-hybridized carbons (Fsp3) is 0.533. The predicted molar refractivity (Wildman–Crippen MR) is 74.2 cm³/mol. The van der Waals surface area contributed by atoms with Gasteiger partial charge in [-0.1, -0.05) is 32.1 Å². The molecule has 1 nitrogen and oxygen atoms in total. The van der Waals surface area contributed by atoms with Crippen molar-refractivity contribution in [1.29, 1.82) is 0 Å². The summed E-state index contributed by atoms with van der Waals surface area (Å²) in [6.45, 7) is 0. The van der Waals surface area contributed by atoms with Gasteiger partial charge < -0.3 is 0 Å². The summed E-state index contributed by atoms with van der Waals surface area (Å²) in [4.78, 5) is 12.1. The van der Waals surface area contributed by atoms with Gasteiger partial charge in [0.15, 0.2) is 17.4 Å². The molecule has 1 aromatic rings. The molecule has 0 amide bonds. The van der Waals surface area contributed by atoms with E-state index in [-0.39, 0.29) is 15.8 Å². The second kappa shape index (κ2) is 6.60. The van der Waals surface area contributed by atoms with Gasteiger partial charge in [0.25, 0.3) is 0 Å². The minimum atomic E-state index is -0.983. The van der Waals surface area contributed by atoms with E-state index in [0.717, 1.165) is 12.5 Å². The van der Waals surface area contributed by atoms with Crippen LogP contribution in [0.1, 0.15) is 55.3 Å². The lowest BCUT2D eigenvalue weighted by Crippen LogP contribution is -2.10. The largest absolute Gasteiger partial charge is 0.294 e. The Morgan fingerprint density at radius 1 is 1.21 bits per heavy atom.